The molecule has 0 aromatic heterocycles. The van der Waals surface area contributed by atoms with Crippen LogP contribution in [-0.4, -0.2) is 35.3 Å². The number of β-amino-alcohol motifs (C(OH)–C–C–N with tert-alkyl or cyclic N) is 1. The fraction of sp³-hybridized carbons (Fsp3) is 0.571. The number of anilines is 1. The quantitative estimate of drug-likeness (QED) is 0.658. The van der Waals surface area contributed by atoms with Crippen molar-refractivity contribution < 1.29 is 14.8 Å². The van der Waals surface area contributed by atoms with Crippen molar-refractivity contribution >= 4 is 11.4 Å². The zero-order chi connectivity index (χ0) is 14.3. The van der Waals surface area contributed by atoms with Crippen LogP contribution < -0.4 is 9.64 Å². The van der Waals surface area contributed by atoms with Crippen molar-refractivity contribution in [1.29, 1.82) is 0 Å². The Hall–Kier alpha value is -1.82. The van der Waals surface area contributed by atoms with Crippen LogP contribution in [0.2, 0.25) is 0 Å². The lowest BCUT2D eigenvalue weighted by Crippen LogP contribution is -2.63. The van der Waals surface area contributed by atoms with Crippen LogP contribution in [0.15, 0.2) is 18.2 Å². The smallest absolute Gasteiger partial charge is 0.333 e. The molecule has 6 nitrogen and oxygen atoms in total. The van der Waals surface area contributed by atoms with E-state index in [1.807, 2.05) is 4.90 Å². The van der Waals surface area contributed by atoms with Crippen molar-refractivity contribution in [2.75, 3.05) is 24.6 Å². The molecule has 1 saturated heterocycles. The number of para-hydroxylation sites is 1. The summed E-state index contributed by atoms with van der Waals surface area (Å²) in [6, 6.07) is 5.08. The van der Waals surface area contributed by atoms with Crippen molar-refractivity contribution in [3.05, 3.63) is 28.3 Å². The fourth-order valence-corrected chi connectivity index (χ4v) is 2.89. The lowest BCUT2D eigenvalue weighted by Gasteiger charge is -2.48. The van der Waals surface area contributed by atoms with Gasteiger partial charge in [-0.05, 0) is 37.8 Å². The summed E-state index contributed by atoms with van der Waals surface area (Å²) in [5.41, 5.74) is -0.131. The molecule has 0 spiro atoms. The molecule has 0 atom stereocenters. The summed E-state index contributed by atoms with van der Waals surface area (Å²) in [7, 11) is 0. The maximum Gasteiger partial charge on any atom is 0.333 e. The monoisotopic (exact) mass is 278 g/mol. The van der Waals surface area contributed by atoms with E-state index in [1.54, 1.807) is 25.1 Å². The molecule has 1 aromatic carbocycles. The molecule has 0 unspecified atom stereocenters. The van der Waals surface area contributed by atoms with Gasteiger partial charge in [-0.2, -0.15) is 0 Å². The normalized spacial score (nSPS) is 20.4. The minimum Gasteiger partial charge on any atom is -0.487 e. The standard InChI is InChI=1S/C14H18N2O4/c1-2-20-12-5-3-4-11(13(12)16(18)19)15-8-14(17,9-15)10-6-7-10/h3-5,10,17H,2,6-9H2,1H3. The van der Waals surface area contributed by atoms with Crippen LogP contribution in [0.25, 0.3) is 0 Å². The first-order valence-electron chi connectivity index (χ1n) is 6.92. The molecular formula is C14H18N2O4. The van der Waals surface area contributed by atoms with Gasteiger partial charge in [0.1, 0.15) is 11.3 Å². The van der Waals surface area contributed by atoms with Crippen LogP contribution in [-0.2, 0) is 0 Å². The predicted molar refractivity (Wildman–Crippen MR) is 74.2 cm³/mol. The van der Waals surface area contributed by atoms with Crippen molar-refractivity contribution in [2.24, 2.45) is 5.92 Å². The van der Waals surface area contributed by atoms with Gasteiger partial charge >= 0.3 is 5.69 Å². The fourth-order valence-electron chi connectivity index (χ4n) is 2.89. The topological polar surface area (TPSA) is 75.8 Å². The van der Waals surface area contributed by atoms with E-state index in [2.05, 4.69) is 0 Å². The van der Waals surface area contributed by atoms with Crippen molar-refractivity contribution in [1.82, 2.24) is 0 Å². The minimum atomic E-state index is -0.657. The summed E-state index contributed by atoms with van der Waals surface area (Å²) in [5.74, 6) is 0.657. The van der Waals surface area contributed by atoms with Crippen molar-refractivity contribution in [3.63, 3.8) is 0 Å². The molecular weight excluding hydrogens is 260 g/mol. The second-order valence-electron chi connectivity index (χ2n) is 5.55. The average Bonchev–Trinajstić information content (AvgIpc) is 3.19. The number of hydrogen-bond acceptors (Lipinski definition) is 5. The number of benzene rings is 1. The molecule has 1 heterocycles. The van der Waals surface area contributed by atoms with E-state index < -0.39 is 10.5 Å². The Balaban J connectivity index is 1.86. The van der Waals surface area contributed by atoms with E-state index in [-0.39, 0.29) is 11.4 Å². The molecule has 0 bridgehead atoms. The zero-order valence-corrected chi connectivity index (χ0v) is 11.4. The second-order valence-corrected chi connectivity index (χ2v) is 5.55. The number of nitrogens with zero attached hydrogens (tertiary/aromatic N) is 2. The molecule has 2 fully saturated rings. The summed E-state index contributed by atoms with van der Waals surface area (Å²) < 4.78 is 5.34. The Bertz CT molecular complexity index is 536. The van der Waals surface area contributed by atoms with Crippen LogP contribution >= 0.6 is 0 Å². The highest BCUT2D eigenvalue weighted by molar-refractivity contribution is 5.71. The van der Waals surface area contributed by atoms with Gasteiger partial charge in [0.05, 0.1) is 11.5 Å². The second kappa shape index (κ2) is 4.63. The van der Waals surface area contributed by atoms with Crippen LogP contribution in [0.5, 0.6) is 5.75 Å². The number of ether oxygens (including phenoxy) is 1. The first-order chi connectivity index (χ1) is 9.55. The van der Waals surface area contributed by atoms with E-state index in [4.69, 9.17) is 4.74 Å². The van der Waals surface area contributed by atoms with Gasteiger partial charge in [0.25, 0.3) is 0 Å². The molecule has 2 aliphatic rings. The average molecular weight is 278 g/mol. The molecule has 1 aliphatic carbocycles. The van der Waals surface area contributed by atoms with Gasteiger partial charge in [0.15, 0.2) is 5.75 Å². The van der Waals surface area contributed by atoms with Gasteiger partial charge in [-0.1, -0.05) is 6.07 Å². The molecule has 3 rings (SSSR count). The third kappa shape index (κ3) is 2.10. The number of rotatable bonds is 5. The molecule has 108 valence electrons. The number of nitro groups is 1. The molecule has 1 aromatic rings. The lowest BCUT2D eigenvalue weighted by atomic mass is 9.88. The highest BCUT2D eigenvalue weighted by atomic mass is 16.6. The van der Waals surface area contributed by atoms with Crippen LogP contribution in [0.1, 0.15) is 19.8 Å². The zero-order valence-electron chi connectivity index (χ0n) is 11.4. The maximum atomic E-state index is 11.3. The van der Waals surface area contributed by atoms with Gasteiger partial charge in [0, 0.05) is 13.1 Å². The van der Waals surface area contributed by atoms with Crippen LogP contribution in [0, 0.1) is 16.0 Å². The molecule has 1 aliphatic heterocycles. The number of hydrogen-bond donors (Lipinski definition) is 1. The van der Waals surface area contributed by atoms with Crippen molar-refractivity contribution in [2.45, 2.75) is 25.4 Å². The summed E-state index contributed by atoms with van der Waals surface area (Å²) >= 11 is 0. The van der Waals surface area contributed by atoms with E-state index in [0.29, 0.717) is 31.3 Å². The van der Waals surface area contributed by atoms with Gasteiger partial charge < -0.3 is 14.7 Å². The first-order valence-corrected chi connectivity index (χ1v) is 6.92. The summed E-state index contributed by atoms with van der Waals surface area (Å²) in [5, 5.41) is 21.6. The molecule has 6 heteroatoms. The summed E-state index contributed by atoms with van der Waals surface area (Å²) in [6.07, 6.45) is 2.12. The Morgan fingerprint density at radius 1 is 1.50 bits per heavy atom. The van der Waals surface area contributed by atoms with E-state index in [9.17, 15) is 15.2 Å². The highest BCUT2D eigenvalue weighted by Crippen LogP contribution is 2.48. The SMILES string of the molecule is CCOc1cccc(N2CC(O)(C3CC3)C2)c1[N+](=O)[O-]. The molecule has 0 amide bonds. The molecule has 0 radical (unpaired) electrons. The van der Waals surface area contributed by atoms with Crippen LogP contribution in [0.3, 0.4) is 0 Å². The van der Waals surface area contributed by atoms with Crippen LogP contribution in [0.4, 0.5) is 11.4 Å². The van der Waals surface area contributed by atoms with E-state index >= 15 is 0 Å². The first kappa shape index (κ1) is 13.2. The van der Waals surface area contributed by atoms with Gasteiger partial charge in [0.2, 0.25) is 0 Å². The van der Waals surface area contributed by atoms with Gasteiger partial charge in [-0.25, -0.2) is 0 Å². The Morgan fingerprint density at radius 3 is 2.75 bits per heavy atom. The summed E-state index contributed by atoms with van der Waals surface area (Å²) in [4.78, 5) is 12.8. The van der Waals surface area contributed by atoms with E-state index in [1.165, 1.54) is 0 Å². The predicted octanol–water partition coefficient (Wildman–Crippen LogP) is 1.95. The molecule has 1 N–H and O–H groups in total. The minimum absolute atomic E-state index is 0.00723. The Labute approximate surface area is 117 Å². The third-order valence-electron chi connectivity index (χ3n) is 4.07. The maximum absolute atomic E-state index is 11.3. The Morgan fingerprint density at radius 2 is 2.20 bits per heavy atom. The van der Waals surface area contributed by atoms with E-state index in [0.717, 1.165) is 12.8 Å². The summed E-state index contributed by atoms with van der Waals surface area (Å²) in [6.45, 7) is 3.12. The third-order valence-corrected chi connectivity index (χ3v) is 4.07. The number of aliphatic hydroxyl groups is 1. The molecule has 1 saturated carbocycles. The number of nitro benzene ring substituents is 1. The molecule has 20 heavy (non-hydrogen) atoms. The largest absolute Gasteiger partial charge is 0.487 e. The van der Waals surface area contributed by atoms with Gasteiger partial charge in [-0.3, -0.25) is 10.1 Å². The highest BCUT2D eigenvalue weighted by Gasteiger charge is 2.53. The lowest BCUT2D eigenvalue weighted by molar-refractivity contribution is -0.385. The Kier molecular flexibility index (Phi) is 3.05. The van der Waals surface area contributed by atoms with Gasteiger partial charge in [-0.15, -0.1) is 0 Å². The van der Waals surface area contributed by atoms with Crippen molar-refractivity contribution in [3.8, 4) is 5.75 Å².